The van der Waals surface area contributed by atoms with Crippen LogP contribution in [0.15, 0.2) is 17.2 Å². The highest BCUT2D eigenvalue weighted by Crippen LogP contribution is 2.19. The van der Waals surface area contributed by atoms with E-state index in [1.165, 1.54) is 13.0 Å². The number of likely N-dealkylation sites (N-methyl/N-ethyl adjacent to an activating group) is 1. The maximum Gasteiger partial charge on any atom is 0.242 e. The average molecular weight is 307 g/mol. The molecule has 9 heteroatoms. The molecule has 19 heavy (non-hydrogen) atoms. The fourth-order valence-electron chi connectivity index (χ4n) is 1.26. The average Bonchev–Trinajstić information content (AvgIpc) is 2.32. The number of anilines is 1. The van der Waals surface area contributed by atoms with Gasteiger partial charge in [0.05, 0.1) is 11.1 Å². The van der Waals surface area contributed by atoms with E-state index in [1.807, 2.05) is 0 Å². The van der Waals surface area contributed by atoms with Crippen molar-refractivity contribution in [3.63, 3.8) is 0 Å². The van der Waals surface area contributed by atoms with Gasteiger partial charge in [-0.2, -0.15) is 4.72 Å². The lowest BCUT2D eigenvalue weighted by molar-refractivity contribution is -0.122. The van der Waals surface area contributed by atoms with Crippen LogP contribution in [0.25, 0.3) is 0 Å². The van der Waals surface area contributed by atoms with Gasteiger partial charge in [-0.25, -0.2) is 13.4 Å². The van der Waals surface area contributed by atoms with E-state index < -0.39 is 22.0 Å². The Balaban J connectivity index is 2.92. The number of nitrogen functional groups attached to an aromatic ring is 1. The van der Waals surface area contributed by atoms with Crippen LogP contribution in [0.2, 0.25) is 5.02 Å². The zero-order chi connectivity index (χ0) is 14.6. The van der Waals surface area contributed by atoms with Gasteiger partial charge in [-0.15, -0.1) is 0 Å². The third kappa shape index (κ3) is 4.05. The van der Waals surface area contributed by atoms with E-state index in [4.69, 9.17) is 17.3 Å². The molecule has 1 amide bonds. The molecule has 1 unspecified atom stereocenters. The molecule has 0 spiro atoms. The van der Waals surface area contributed by atoms with E-state index in [-0.39, 0.29) is 15.7 Å². The predicted molar refractivity (Wildman–Crippen MR) is 72.1 cm³/mol. The minimum absolute atomic E-state index is 0.0357. The molecule has 0 aliphatic carbocycles. The summed E-state index contributed by atoms with van der Waals surface area (Å²) in [6.45, 7) is 3.60. The molecule has 0 radical (unpaired) electrons. The molecule has 0 aromatic carbocycles. The summed E-state index contributed by atoms with van der Waals surface area (Å²) < 4.78 is 26.2. The number of sulfonamides is 1. The number of nitrogens with one attached hydrogen (secondary N) is 2. The molecule has 106 valence electrons. The molecule has 1 rings (SSSR count). The van der Waals surface area contributed by atoms with Crippen LogP contribution in [-0.2, 0) is 14.8 Å². The third-order valence-corrected chi connectivity index (χ3v) is 4.04. The van der Waals surface area contributed by atoms with Crippen LogP contribution in [-0.4, -0.2) is 31.9 Å². The Bertz CT molecular complexity index is 576. The molecule has 4 N–H and O–H groups in total. The number of hydrogen-bond acceptors (Lipinski definition) is 5. The van der Waals surface area contributed by atoms with Gasteiger partial charge in [-0.05, 0) is 19.9 Å². The van der Waals surface area contributed by atoms with Gasteiger partial charge in [0, 0.05) is 12.7 Å². The number of amides is 1. The zero-order valence-electron chi connectivity index (χ0n) is 10.5. The summed E-state index contributed by atoms with van der Waals surface area (Å²) in [5.74, 6) is -0.377. The number of hydrogen-bond donors (Lipinski definition) is 3. The van der Waals surface area contributed by atoms with Crippen LogP contribution < -0.4 is 15.8 Å². The molecule has 0 aliphatic rings. The summed E-state index contributed by atoms with van der Waals surface area (Å²) in [7, 11) is -3.88. The number of carbonyl (C=O) groups excluding carboxylic acids is 1. The summed E-state index contributed by atoms with van der Waals surface area (Å²) in [5, 5.41) is 2.55. The fourth-order valence-corrected chi connectivity index (χ4v) is 2.66. The number of nitrogens with zero attached hydrogens (tertiary/aromatic N) is 1. The first kappa shape index (κ1) is 15.7. The van der Waals surface area contributed by atoms with Gasteiger partial charge in [-0.1, -0.05) is 11.6 Å². The molecule has 0 fully saturated rings. The van der Waals surface area contributed by atoms with Gasteiger partial charge in [0.1, 0.15) is 10.7 Å². The van der Waals surface area contributed by atoms with E-state index in [2.05, 4.69) is 15.0 Å². The van der Waals surface area contributed by atoms with Gasteiger partial charge < -0.3 is 11.1 Å². The summed E-state index contributed by atoms with van der Waals surface area (Å²) in [6, 6.07) is 0.276. The molecular weight excluding hydrogens is 292 g/mol. The van der Waals surface area contributed by atoms with E-state index in [0.717, 1.165) is 6.20 Å². The van der Waals surface area contributed by atoms with E-state index in [1.54, 1.807) is 6.92 Å². The van der Waals surface area contributed by atoms with Crippen LogP contribution in [0.5, 0.6) is 0 Å². The third-order valence-electron chi connectivity index (χ3n) is 2.23. The highest BCUT2D eigenvalue weighted by Gasteiger charge is 2.22. The van der Waals surface area contributed by atoms with Crippen molar-refractivity contribution in [3.05, 3.63) is 17.3 Å². The minimum atomic E-state index is -3.88. The summed E-state index contributed by atoms with van der Waals surface area (Å²) in [6.07, 6.45) is 1.08. The Morgan fingerprint density at radius 3 is 2.74 bits per heavy atom. The second-order valence-electron chi connectivity index (χ2n) is 3.78. The topological polar surface area (TPSA) is 114 Å². The Kier molecular flexibility index (Phi) is 5.10. The summed E-state index contributed by atoms with van der Waals surface area (Å²) >= 11 is 5.71. The molecule has 0 saturated heterocycles. The molecule has 1 heterocycles. The molecule has 0 aliphatic heterocycles. The highest BCUT2D eigenvalue weighted by molar-refractivity contribution is 7.89. The van der Waals surface area contributed by atoms with Crippen molar-refractivity contribution in [2.45, 2.75) is 24.8 Å². The Morgan fingerprint density at radius 1 is 1.58 bits per heavy atom. The van der Waals surface area contributed by atoms with E-state index in [9.17, 15) is 13.2 Å². The van der Waals surface area contributed by atoms with Crippen LogP contribution in [0.4, 0.5) is 5.82 Å². The second-order valence-corrected chi connectivity index (χ2v) is 5.90. The Labute approximate surface area is 116 Å². The zero-order valence-corrected chi connectivity index (χ0v) is 12.0. The van der Waals surface area contributed by atoms with Crippen molar-refractivity contribution in [2.75, 3.05) is 12.3 Å². The molecule has 0 bridgehead atoms. The number of aromatic nitrogens is 1. The predicted octanol–water partition coefficient (Wildman–Crippen LogP) is 0.120. The largest absolute Gasteiger partial charge is 0.382 e. The number of halogens is 1. The molecule has 0 saturated carbocycles. The monoisotopic (exact) mass is 306 g/mol. The fraction of sp³-hybridized carbons (Fsp3) is 0.400. The van der Waals surface area contributed by atoms with E-state index >= 15 is 0 Å². The highest BCUT2D eigenvalue weighted by atomic mass is 35.5. The van der Waals surface area contributed by atoms with Gasteiger partial charge >= 0.3 is 0 Å². The number of nitrogens with two attached hydrogens (primary N) is 1. The van der Waals surface area contributed by atoms with Gasteiger partial charge in [0.2, 0.25) is 15.9 Å². The molecule has 1 atom stereocenters. The van der Waals surface area contributed by atoms with Crippen LogP contribution in [0.1, 0.15) is 13.8 Å². The van der Waals surface area contributed by atoms with Crippen molar-refractivity contribution in [3.8, 4) is 0 Å². The lowest BCUT2D eigenvalue weighted by Gasteiger charge is -2.13. The van der Waals surface area contributed by atoms with E-state index in [0.29, 0.717) is 6.54 Å². The molecular formula is C10H15ClN4O3S. The summed E-state index contributed by atoms with van der Waals surface area (Å²) in [5.41, 5.74) is 5.40. The first-order chi connectivity index (χ1) is 8.77. The molecule has 7 nitrogen and oxygen atoms in total. The maximum atomic E-state index is 12.0. The first-order valence-electron chi connectivity index (χ1n) is 5.49. The first-order valence-corrected chi connectivity index (χ1v) is 7.35. The SMILES string of the molecule is CCNC(=O)C(C)NS(=O)(=O)c1cnc(N)c(Cl)c1. The van der Waals surface area contributed by atoms with Crippen molar-refractivity contribution < 1.29 is 13.2 Å². The normalized spacial score (nSPS) is 13.0. The standard InChI is InChI=1S/C10H15ClN4O3S/c1-3-13-10(16)6(2)15-19(17,18)7-4-8(11)9(12)14-5-7/h4-6,15H,3H2,1-2H3,(H2,12,14)(H,13,16). The van der Waals surface area contributed by atoms with Crippen molar-refractivity contribution in [1.29, 1.82) is 0 Å². The number of pyridine rings is 1. The molecule has 1 aromatic rings. The van der Waals surface area contributed by atoms with Crippen LogP contribution in [0, 0.1) is 0 Å². The lowest BCUT2D eigenvalue weighted by Crippen LogP contribution is -2.44. The number of rotatable bonds is 5. The summed E-state index contributed by atoms with van der Waals surface area (Å²) in [4.78, 5) is 15.0. The smallest absolute Gasteiger partial charge is 0.242 e. The quantitative estimate of drug-likeness (QED) is 0.715. The van der Waals surface area contributed by atoms with Gasteiger partial charge in [0.15, 0.2) is 0 Å². The van der Waals surface area contributed by atoms with Crippen molar-refractivity contribution >= 4 is 33.3 Å². The maximum absolute atomic E-state index is 12.0. The second kappa shape index (κ2) is 6.18. The Morgan fingerprint density at radius 2 is 2.21 bits per heavy atom. The van der Waals surface area contributed by atoms with Crippen molar-refractivity contribution in [2.24, 2.45) is 0 Å². The van der Waals surface area contributed by atoms with Gasteiger partial charge in [-0.3, -0.25) is 4.79 Å². The minimum Gasteiger partial charge on any atom is -0.382 e. The van der Waals surface area contributed by atoms with Crippen molar-refractivity contribution in [1.82, 2.24) is 15.0 Å². The van der Waals surface area contributed by atoms with Crippen LogP contribution in [0.3, 0.4) is 0 Å². The lowest BCUT2D eigenvalue weighted by atomic mass is 10.3. The number of carbonyl (C=O) groups is 1. The Hall–Kier alpha value is -1.38. The van der Waals surface area contributed by atoms with Gasteiger partial charge in [0.25, 0.3) is 0 Å². The van der Waals surface area contributed by atoms with Crippen LogP contribution >= 0.6 is 11.6 Å². The molecule has 1 aromatic heterocycles.